The third kappa shape index (κ3) is 3.44. The maximum absolute atomic E-state index is 11.5. The molecule has 0 saturated carbocycles. The molecule has 147 valence electrons. The summed E-state index contributed by atoms with van der Waals surface area (Å²) in [7, 11) is 0. The Labute approximate surface area is 175 Å². The molecule has 0 unspecified atom stereocenters. The summed E-state index contributed by atoms with van der Waals surface area (Å²) in [6.07, 6.45) is 10.8. The first-order chi connectivity index (χ1) is 13.5. The van der Waals surface area contributed by atoms with Crippen LogP contribution < -0.4 is 16.0 Å². The van der Waals surface area contributed by atoms with Crippen molar-refractivity contribution in [2.24, 2.45) is 4.99 Å². The Morgan fingerprint density at radius 1 is 0.931 bits per heavy atom. The molecule has 0 spiro atoms. The van der Waals surface area contributed by atoms with Crippen molar-refractivity contribution in [3.8, 4) is 0 Å². The van der Waals surface area contributed by atoms with Crippen LogP contribution in [0.5, 0.6) is 0 Å². The molecule has 2 aromatic rings. The molecule has 0 fully saturated rings. The Morgan fingerprint density at radius 3 is 2.41 bits per heavy atom. The monoisotopic (exact) mass is 433 g/mol. The number of nitrogens with one attached hydrogen (secondary N) is 4. The minimum Gasteiger partial charge on any atom is -0.355 e. The maximum atomic E-state index is 11.5. The van der Waals surface area contributed by atoms with E-state index in [0.29, 0.717) is 11.4 Å². The van der Waals surface area contributed by atoms with Gasteiger partial charge in [0.1, 0.15) is 5.70 Å². The number of rotatable bonds is 1. The Morgan fingerprint density at radius 2 is 1.66 bits per heavy atom. The van der Waals surface area contributed by atoms with E-state index in [-0.39, 0.29) is 34.2 Å². The summed E-state index contributed by atoms with van der Waals surface area (Å²) in [5, 5.41) is 24.6. The summed E-state index contributed by atoms with van der Waals surface area (Å²) in [6, 6.07) is 7.71. The number of nitro groups is 1. The van der Waals surface area contributed by atoms with Gasteiger partial charge in [-0.1, -0.05) is 0 Å². The Balaban J connectivity index is 0.00000205. The van der Waals surface area contributed by atoms with Crippen LogP contribution in [0.2, 0.25) is 0 Å². The third-order valence-corrected chi connectivity index (χ3v) is 4.56. The van der Waals surface area contributed by atoms with E-state index >= 15 is 0 Å². The predicted molar refractivity (Wildman–Crippen MR) is 106 cm³/mol. The van der Waals surface area contributed by atoms with Crippen molar-refractivity contribution in [1.29, 1.82) is 5.41 Å². The number of hydrogen-bond acceptors (Lipinski definition) is 5. The van der Waals surface area contributed by atoms with Gasteiger partial charge >= 0.3 is 5.70 Å². The first-order valence-electron chi connectivity index (χ1n) is 8.58. The van der Waals surface area contributed by atoms with Crippen LogP contribution in [-0.2, 0) is 17.1 Å². The zero-order chi connectivity index (χ0) is 19.3. The van der Waals surface area contributed by atoms with Gasteiger partial charge in [-0.05, 0) is 60.7 Å². The van der Waals surface area contributed by atoms with E-state index in [9.17, 15) is 10.1 Å². The van der Waals surface area contributed by atoms with Crippen molar-refractivity contribution in [1.82, 2.24) is 15.3 Å². The Bertz CT molecular complexity index is 1330. The molecule has 4 N–H and O–H groups in total. The molecule has 5 heterocycles. The molecule has 8 bridgehead atoms. The molecule has 9 heteroatoms. The van der Waals surface area contributed by atoms with Crippen LogP contribution >= 0.6 is 0 Å². The van der Waals surface area contributed by atoms with Crippen molar-refractivity contribution in [2.75, 3.05) is 0 Å². The number of H-pyrrole nitrogens is 2. The zero-order valence-corrected chi connectivity index (χ0v) is 15.7. The van der Waals surface area contributed by atoms with E-state index in [1.165, 1.54) is 0 Å². The van der Waals surface area contributed by atoms with Gasteiger partial charge in [0.2, 0.25) is 0 Å². The number of aliphatic imine (C=N–C) groups is 1. The molecule has 29 heavy (non-hydrogen) atoms. The Hall–Kier alpha value is -3.68. The number of aromatic nitrogens is 2. The van der Waals surface area contributed by atoms with Gasteiger partial charge in [0.05, 0.1) is 22.0 Å². The van der Waals surface area contributed by atoms with Crippen LogP contribution in [-0.4, -0.2) is 26.3 Å². The molecule has 2 aromatic heterocycles. The summed E-state index contributed by atoms with van der Waals surface area (Å²) in [5.41, 5.74) is 3.11. The van der Waals surface area contributed by atoms with E-state index in [1.54, 1.807) is 18.2 Å². The smallest absolute Gasteiger partial charge is 0.319 e. The number of hydrogen-bond donors (Lipinski definition) is 4. The second-order valence-corrected chi connectivity index (χ2v) is 6.54. The van der Waals surface area contributed by atoms with E-state index < -0.39 is 4.92 Å². The maximum Gasteiger partial charge on any atom is 0.319 e. The van der Waals surface area contributed by atoms with Gasteiger partial charge in [-0.2, -0.15) is 0 Å². The predicted octanol–water partition coefficient (Wildman–Crippen LogP) is 1.31. The van der Waals surface area contributed by atoms with Gasteiger partial charge in [0.25, 0.3) is 0 Å². The summed E-state index contributed by atoms with van der Waals surface area (Å²) in [6.45, 7) is 0. The number of aromatic amines is 2. The van der Waals surface area contributed by atoms with E-state index in [1.807, 2.05) is 42.5 Å². The average molecular weight is 434 g/mol. The fourth-order valence-electron chi connectivity index (χ4n) is 3.31. The summed E-state index contributed by atoms with van der Waals surface area (Å²) >= 11 is 0. The van der Waals surface area contributed by atoms with Gasteiger partial charge in [0.15, 0.2) is 5.71 Å². The van der Waals surface area contributed by atoms with Crippen molar-refractivity contribution in [2.45, 2.75) is 0 Å². The molecule has 3 aliphatic heterocycles. The number of fused-ring (bicyclic) bond motifs is 7. The second-order valence-electron chi connectivity index (χ2n) is 6.54. The summed E-state index contributed by atoms with van der Waals surface area (Å²) < 4.78 is 0. The molecule has 0 saturated heterocycles. The van der Waals surface area contributed by atoms with Crippen LogP contribution in [0.15, 0.2) is 70.3 Å². The largest absolute Gasteiger partial charge is 0.355 e. The first kappa shape index (κ1) is 18.7. The van der Waals surface area contributed by atoms with Crippen molar-refractivity contribution >= 4 is 29.7 Å². The van der Waals surface area contributed by atoms with Crippen LogP contribution in [0.3, 0.4) is 0 Å². The van der Waals surface area contributed by atoms with Crippen LogP contribution in [0.25, 0.3) is 18.2 Å². The van der Waals surface area contributed by atoms with Crippen LogP contribution in [0.1, 0.15) is 11.4 Å². The quantitative estimate of drug-likeness (QED) is 0.308. The molecule has 1 radical (unpaired) electrons. The van der Waals surface area contributed by atoms with Gasteiger partial charge < -0.3 is 15.3 Å². The molecule has 0 atom stereocenters. The summed E-state index contributed by atoms with van der Waals surface area (Å²) in [4.78, 5) is 22.0. The first-order valence-corrected chi connectivity index (χ1v) is 8.58. The molecule has 0 amide bonds. The molecular weight excluding hydrogens is 420 g/mol. The fraction of sp³-hybridized carbons (Fsp3) is 0. The zero-order valence-electron chi connectivity index (χ0n) is 14.8. The fourth-order valence-corrected chi connectivity index (χ4v) is 3.31. The van der Waals surface area contributed by atoms with E-state index in [2.05, 4.69) is 20.3 Å². The Kier molecular flexibility index (Phi) is 4.54. The van der Waals surface area contributed by atoms with Gasteiger partial charge in [-0.25, -0.2) is 4.99 Å². The van der Waals surface area contributed by atoms with E-state index in [4.69, 9.17) is 5.41 Å². The molecule has 3 aliphatic rings. The molecule has 0 aromatic carbocycles. The van der Waals surface area contributed by atoms with Crippen LogP contribution in [0, 0.1) is 15.5 Å². The average Bonchev–Trinajstić information content (AvgIpc) is 3.40. The second kappa shape index (κ2) is 7.05. The molecule has 5 rings (SSSR count). The van der Waals surface area contributed by atoms with Crippen molar-refractivity contribution in [3.63, 3.8) is 0 Å². The SMILES string of the molecule is N=C1C2=Cc3ccc([nH]3)C=c3ccc([nH]3)=CC3=NC(=CC(=C1[N+](=O)[O-])N2)C=C3.[Cu]. The summed E-state index contributed by atoms with van der Waals surface area (Å²) in [5.74, 6) is 0. The van der Waals surface area contributed by atoms with Crippen molar-refractivity contribution in [3.05, 3.63) is 97.5 Å². The van der Waals surface area contributed by atoms with Crippen molar-refractivity contribution < 1.29 is 22.0 Å². The number of allylic oxidation sites excluding steroid dienone is 3. The van der Waals surface area contributed by atoms with Gasteiger partial charge in [0, 0.05) is 39.2 Å². The minimum absolute atomic E-state index is 0. The third-order valence-electron chi connectivity index (χ3n) is 4.56. The van der Waals surface area contributed by atoms with Gasteiger partial charge in [-0.3, -0.25) is 15.5 Å². The van der Waals surface area contributed by atoms with E-state index in [0.717, 1.165) is 27.8 Å². The standard InChI is InChI=1S/C20H14N6O2.Cu/c21-19-17-9-15-5-3-13(23-15)7-11-1-2-12(22-11)8-14-4-6-16(24-14)10-18(25-17)20(19)26(27)28;/h1-10,21-23,25H;. The van der Waals surface area contributed by atoms with Crippen LogP contribution in [0.4, 0.5) is 0 Å². The van der Waals surface area contributed by atoms with Gasteiger partial charge in [-0.15, -0.1) is 0 Å². The molecular formula is C20H14CuN6O2. The number of nitrogens with zero attached hydrogens (tertiary/aromatic N) is 2. The molecule has 0 aliphatic carbocycles. The minimum atomic E-state index is -0.541. The normalized spacial score (nSPS) is 16.8. The topological polar surface area (TPSA) is 123 Å². The molecule has 8 nitrogen and oxygen atoms in total.